The molecule has 8 heteroatoms. The molecule has 4 N–H and O–H groups in total. The van der Waals surface area contributed by atoms with Crippen molar-refractivity contribution in [3.05, 3.63) is 37.9 Å². The van der Waals surface area contributed by atoms with E-state index in [0.29, 0.717) is 21.5 Å². The van der Waals surface area contributed by atoms with E-state index < -0.39 is 12.0 Å². The van der Waals surface area contributed by atoms with Crippen molar-refractivity contribution in [1.29, 1.82) is 0 Å². The molecule has 0 spiro atoms. The molecule has 0 saturated carbocycles. The van der Waals surface area contributed by atoms with Gasteiger partial charge in [0.05, 0.1) is 16.4 Å². The normalized spacial score (nSPS) is 12.2. The molecule has 0 fully saturated rings. The van der Waals surface area contributed by atoms with Crippen LogP contribution in [0.1, 0.15) is 11.7 Å². The Morgan fingerprint density at radius 2 is 2.32 bits per heavy atom. The minimum Gasteiger partial charge on any atom is -0.480 e. The van der Waals surface area contributed by atoms with Crippen LogP contribution in [0.2, 0.25) is 5.02 Å². The lowest BCUT2D eigenvalue weighted by atomic mass is 10.2. The average Bonchev–Trinajstić information content (AvgIpc) is 2.80. The van der Waals surface area contributed by atoms with Gasteiger partial charge in [-0.15, -0.1) is 11.3 Å². The van der Waals surface area contributed by atoms with Crippen LogP contribution in [-0.4, -0.2) is 16.1 Å². The fourth-order valence-electron chi connectivity index (χ4n) is 1.32. The van der Waals surface area contributed by atoms with E-state index in [-0.39, 0.29) is 0 Å². The number of nitrogens with zero attached hydrogens (tertiary/aromatic N) is 1. The largest absolute Gasteiger partial charge is 0.480 e. The van der Waals surface area contributed by atoms with E-state index >= 15 is 0 Å². The number of aromatic nitrogens is 1. The highest BCUT2D eigenvalue weighted by molar-refractivity contribution is 14.1. The van der Waals surface area contributed by atoms with E-state index in [4.69, 9.17) is 22.4 Å². The molecule has 0 saturated heterocycles. The first-order valence-corrected chi connectivity index (χ1v) is 7.47. The van der Waals surface area contributed by atoms with E-state index in [0.717, 1.165) is 3.57 Å². The minimum atomic E-state index is -1.11. The van der Waals surface area contributed by atoms with Crippen LogP contribution in [0.4, 0.5) is 10.8 Å². The van der Waals surface area contributed by atoms with Gasteiger partial charge in [-0.25, -0.2) is 4.98 Å². The SMILES string of the molecule is NC(C(=O)O)c1csc(Nc2ccc(I)cc2Cl)n1. The van der Waals surface area contributed by atoms with Gasteiger partial charge in [-0.1, -0.05) is 11.6 Å². The van der Waals surface area contributed by atoms with E-state index in [1.807, 2.05) is 18.2 Å². The number of thiazole rings is 1. The summed E-state index contributed by atoms with van der Waals surface area (Å²) in [5, 5.41) is 14.6. The summed E-state index contributed by atoms with van der Waals surface area (Å²) in [5.74, 6) is -1.11. The van der Waals surface area contributed by atoms with Gasteiger partial charge < -0.3 is 16.2 Å². The summed E-state index contributed by atoms with van der Waals surface area (Å²) in [5.41, 5.74) is 6.52. The van der Waals surface area contributed by atoms with E-state index in [1.165, 1.54) is 11.3 Å². The van der Waals surface area contributed by atoms with Crippen molar-refractivity contribution in [2.75, 3.05) is 5.32 Å². The molecular formula is C11H9ClIN3O2S. The van der Waals surface area contributed by atoms with Gasteiger partial charge in [0, 0.05) is 8.95 Å². The molecule has 1 aromatic carbocycles. The second-order valence-corrected chi connectivity index (χ2v) is 6.15. The van der Waals surface area contributed by atoms with Crippen LogP contribution in [0.5, 0.6) is 0 Å². The lowest BCUT2D eigenvalue weighted by Gasteiger charge is -2.05. The number of aliphatic carboxylic acids is 1. The van der Waals surface area contributed by atoms with E-state index in [2.05, 4.69) is 32.9 Å². The molecule has 2 rings (SSSR count). The zero-order valence-corrected chi connectivity index (χ0v) is 13.2. The first kappa shape index (κ1) is 14.5. The molecule has 2 aromatic rings. The summed E-state index contributed by atoms with van der Waals surface area (Å²) in [7, 11) is 0. The summed E-state index contributed by atoms with van der Waals surface area (Å²) >= 11 is 9.53. The van der Waals surface area contributed by atoms with Gasteiger partial charge in [-0.3, -0.25) is 4.79 Å². The van der Waals surface area contributed by atoms with Crippen molar-refractivity contribution < 1.29 is 9.90 Å². The van der Waals surface area contributed by atoms with Crippen LogP contribution in [0, 0.1) is 3.57 Å². The average molecular weight is 410 g/mol. The predicted molar refractivity (Wildman–Crippen MR) is 84.1 cm³/mol. The number of benzene rings is 1. The lowest BCUT2D eigenvalue weighted by Crippen LogP contribution is -2.20. The Kier molecular flexibility index (Phi) is 4.61. The molecule has 0 amide bonds. The van der Waals surface area contributed by atoms with Gasteiger partial charge in [-0.05, 0) is 40.8 Å². The molecule has 1 aromatic heterocycles. The third-order valence-corrected chi connectivity index (χ3v) is 4.04. The zero-order valence-electron chi connectivity index (χ0n) is 9.43. The number of halogens is 2. The maximum Gasteiger partial charge on any atom is 0.326 e. The van der Waals surface area contributed by atoms with Crippen molar-refractivity contribution in [3.8, 4) is 0 Å². The van der Waals surface area contributed by atoms with Crippen molar-refractivity contribution in [2.24, 2.45) is 5.73 Å². The quantitative estimate of drug-likeness (QED) is 0.675. The molecular weight excluding hydrogens is 401 g/mol. The highest BCUT2D eigenvalue weighted by Gasteiger charge is 2.17. The van der Waals surface area contributed by atoms with Crippen molar-refractivity contribution in [3.63, 3.8) is 0 Å². The topological polar surface area (TPSA) is 88.2 Å². The second kappa shape index (κ2) is 6.04. The highest BCUT2D eigenvalue weighted by Crippen LogP contribution is 2.29. The van der Waals surface area contributed by atoms with Crippen LogP contribution in [0.3, 0.4) is 0 Å². The second-order valence-electron chi connectivity index (χ2n) is 3.64. The smallest absolute Gasteiger partial charge is 0.326 e. The Hall–Kier alpha value is -0.900. The molecule has 5 nitrogen and oxygen atoms in total. The van der Waals surface area contributed by atoms with Crippen molar-refractivity contribution in [1.82, 2.24) is 4.98 Å². The van der Waals surface area contributed by atoms with Crippen molar-refractivity contribution in [2.45, 2.75) is 6.04 Å². The molecule has 0 aliphatic carbocycles. The number of rotatable bonds is 4. The Morgan fingerprint density at radius 1 is 1.58 bits per heavy atom. The summed E-state index contributed by atoms with van der Waals surface area (Å²) in [6, 6.07) is 4.45. The first-order chi connectivity index (χ1) is 8.97. The Morgan fingerprint density at radius 3 is 2.95 bits per heavy atom. The number of hydrogen-bond donors (Lipinski definition) is 3. The molecule has 1 unspecified atom stereocenters. The lowest BCUT2D eigenvalue weighted by molar-refractivity contribution is -0.138. The zero-order chi connectivity index (χ0) is 14.0. The molecule has 0 bridgehead atoms. The predicted octanol–water partition coefficient (Wildman–Crippen LogP) is 3.23. The standard InChI is InChI=1S/C11H9ClIN3O2S/c12-6-3-5(13)1-2-7(6)15-11-16-8(4-19-11)9(14)10(17)18/h1-4,9H,14H2,(H,15,16)(H,17,18). The Labute approximate surface area is 131 Å². The minimum absolute atomic E-state index is 0.321. The van der Waals surface area contributed by atoms with Crippen LogP contribution < -0.4 is 11.1 Å². The number of nitrogens with two attached hydrogens (primary N) is 1. The van der Waals surface area contributed by atoms with Gasteiger partial charge in [0.15, 0.2) is 5.13 Å². The van der Waals surface area contributed by atoms with E-state index in [9.17, 15) is 4.79 Å². The molecule has 0 radical (unpaired) electrons. The summed E-state index contributed by atoms with van der Waals surface area (Å²) < 4.78 is 1.03. The molecule has 0 aliphatic rings. The first-order valence-electron chi connectivity index (χ1n) is 5.13. The number of carboxylic acids is 1. The number of carbonyl (C=O) groups is 1. The van der Waals surface area contributed by atoms with Gasteiger partial charge in [-0.2, -0.15) is 0 Å². The van der Waals surface area contributed by atoms with E-state index in [1.54, 1.807) is 5.38 Å². The van der Waals surface area contributed by atoms with Crippen LogP contribution in [0.15, 0.2) is 23.6 Å². The third kappa shape index (κ3) is 3.56. The highest BCUT2D eigenvalue weighted by atomic mass is 127. The van der Waals surface area contributed by atoms with Crippen LogP contribution in [0.25, 0.3) is 0 Å². The summed E-state index contributed by atoms with van der Waals surface area (Å²) in [6.07, 6.45) is 0. The molecule has 100 valence electrons. The van der Waals surface area contributed by atoms with Crippen molar-refractivity contribution >= 4 is 62.3 Å². The Bertz CT molecular complexity index is 620. The number of anilines is 2. The van der Waals surface area contributed by atoms with Crippen LogP contribution in [-0.2, 0) is 4.79 Å². The van der Waals surface area contributed by atoms with Gasteiger partial charge in [0.1, 0.15) is 6.04 Å². The maximum absolute atomic E-state index is 10.8. The molecule has 0 aliphatic heterocycles. The molecule has 1 heterocycles. The summed E-state index contributed by atoms with van der Waals surface area (Å²) in [4.78, 5) is 14.9. The monoisotopic (exact) mass is 409 g/mol. The maximum atomic E-state index is 10.8. The van der Waals surface area contributed by atoms with Crippen LogP contribution >= 0.6 is 45.5 Å². The van der Waals surface area contributed by atoms with Gasteiger partial charge >= 0.3 is 5.97 Å². The summed E-state index contributed by atoms with van der Waals surface area (Å²) in [6.45, 7) is 0. The number of carboxylic acid groups (broad SMARTS) is 1. The molecule has 19 heavy (non-hydrogen) atoms. The number of nitrogens with one attached hydrogen (secondary N) is 1. The molecule has 1 atom stereocenters. The van der Waals surface area contributed by atoms with Gasteiger partial charge in [0.2, 0.25) is 0 Å². The number of hydrogen-bond acceptors (Lipinski definition) is 5. The van der Waals surface area contributed by atoms with Gasteiger partial charge in [0.25, 0.3) is 0 Å². The fraction of sp³-hybridized carbons (Fsp3) is 0.0909. The fourth-order valence-corrected chi connectivity index (χ4v) is 2.98. The third-order valence-electron chi connectivity index (χ3n) is 2.28. The Balaban J connectivity index is 2.18.